The van der Waals surface area contributed by atoms with Gasteiger partial charge in [-0.3, -0.25) is 9.89 Å². The van der Waals surface area contributed by atoms with Gasteiger partial charge in [0.2, 0.25) is 0 Å². The first-order valence-electron chi connectivity index (χ1n) is 11.1. The Hall–Kier alpha value is -2.37. The summed E-state index contributed by atoms with van der Waals surface area (Å²) in [7, 11) is 1.80. The molecule has 2 aromatic carbocycles. The summed E-state index contributed by atoms with van der Waals surface area (Å²) in [5.41, 5.74) is 3.86. The average Bonchev–Trinajstić information content (AvgIpc) is 2.79. The Bertz CT molecular complexity index is 767. The largest absolute Gasteiger partial charge is 0.396 e. The van der Waals surface area contributed by atoms with Crippen LogP contribution in [0.3, 0.4) is 0 Å². The minimum Gasteiger partial charge on any atom is -0.396 e. The van der Waals surface area contributed by atoms with Gasteiger partial charge in [-0.15, -0.1) is 0 Å². The van der Waals surface area contributed by atoms with E-state index < -0.39 is 0 Å². The number of piperidine rings is 1. The Morgan fingerprint density at radius 3 is 2.40 bits per heavy atom. The molecule has 0 spiro atoms. The van der Waals surface area contributed by atoms with Gasteiger partial charge in [-0.1, -0.05) is 60.2 Å². The van der Waals surface area contributed by atoms with E-state index in [0.29, 0.717) is 12.5 Å². The standard InChI is InChI=1S/C25H36N4O/c1-20-8-10-22(11-9-20)18-29-14-12-21(13-15-29)16-27-25(26-2)28-17-24(19-30)23-6-4-3-5-7-23/h3-11,21,24,30H,12-19H2,1-2H3,(H2,26,27,28). The minimum atomic E-state index is 0.0646. The highest BCUT2D eigenvalue weighted by molar-refractivity contribution is 5.79. The number of benzene rings is 2. The first-order valence-corrected chi connectivity index (χ1v) is 11.1. The first kappa shape index (κ1) is 22.3. The van der Waals surface area contributed by atoms with Gasteiger partial charge in [0.15, 0.2) is 5.96 Å². The summed E-state index contributed by atoms with van der Waals surface area (Å²) in [5.74, 6) is 1.54. The quantitative estimate of drug-likeness (QED) is 0.464. The molecule has 30 heavy (non-hydrogen) atoms. The summed E-state index contributed by atoms with van der Waals surface area (Å²) in [6.45, 7) is 7.19. The van der Waals surface area contributed by atoms with E-state index >= 15 is 0 Å². The van der Waals surface area contributed by atoms with Crippen molar-refractivity contribution >= 4 is 5.96 Å². The molecule has 5 heteroatoms. The van der Waals surface area contributed by atoms with Gasteiger partial charge >= 0.3 is 0 Å². The van der Waals surface area contributed by atoms with Crippen molar-refractivity contribution in [1.29, 1.82) is 0 Å². The second kappa shape index (κ2) is 11.7. The molecule has 2 aromatic rings. The second-order valence-electron chi connectivity index (χ2n) is 8.33. The molecular weight excluding hydrogens is 372 g/mol. The Morgan fingerprint density at radius 1 is 1.07 bits per heavy atom. The molecule has 1 atom stereocenters. The van der Waals surface area contributed by atoms with Crippen molar-refractivity contribution < 1.29 is 5.11 Å². The van der Waals surface area contributed by atoms with Gasteiger partial charge in [0.05, 0.1) is 6.61 Å². The predicted molar refractivity (Wildman–Crippen MR) is 125 cm³/mol. The van der Waals surface area contributed by atoms with Crippen molar-refractivity contribution in [3.63, 3.8) is 0 Å². The third-order valence-corrected chi connectivity index (χ3v) is 6.02. The molecule has 1 aliphatic rings. The highest BCUT2D eigenvalue weighted by atomic mass is 16.3. The van der Waals surface area contributed by atoms with Gasteiger partial charge in [-0.25, -0.2) is 0 Å². The lowest BCUT2D eigenvalue weighted by atomic mass is 9.96. The fraction of sp³-hybridized carbons (Fsp3) is 0.480. The van der Waals surface area contributed by atoms with Crippen LogP contribution in [0.4, 0.5) is 0 Å². The van der Waals surface area contributed by atoms with E-state index in [1.807, 2.05) is 18.2 Å². The minimum absolute atomic E-state index is 0.0646. The van der Waals surface area contributed by atoms with Gasteiger partial charge in [0.1, 0.15) is 0 Å². The SMILES string of the molecule is CN=C(NCC1CCN(Cc2ccc(C)cc2)CC1)NCC(CO)c1ccccc1. The van der Waals surface area contributed by atoms with Crippen molar-refractivity contribution in [1.82, 2.24) is 15.5 Å². The molecule has 5 nitrogen and oxygen atoms in total. The molecule has 3 rings (SSSR count). The van der Waals surface area contributed by atoms with Crippen LogP contribution in [0, 0.1) is 12.8 Å². The van der Waals surface area contributed by atoms with Crippen LogP contribution >= 0.6 is 0 Å². The molecule has 0 aliphatic carbocycles. The van der Waals surface area contributed by atoms with Crippen LogP contribution in [0.25, 0.3) is 0 Å². The van der Waals surface area contributed by atoms with Crippen LogP contribution in [-0.4, -0.2) is 55.8 Å². The maximum atomic E-state index is 9.74. The first-order chi connectivity index (χ1) is 14.7. The number of aliphatic imine (C=N–C) groups is 1. The van der Waals surface area contributed by atoms with Crippen LogP contribution in [-0.2, 0) is 6.54 Å². The van der Waals surface area contributed by atoms with Gasteiger partial charge in [0, 0.05) is 32.6 Å². The van der Waals surface area contributed by atoms with Gasteiger partial charge in [-0.05, 0) is 49.9 Å². The molecule has 1 aliphatic heterocycles. The Morgan fingerprint density at radius 2 is 1.77 bits per heavy atom. The monoisotopic (exact) mass is 408 g/mol. The molecule has 0 aromatic heterocycles. The zero-order valence-electron chi connectivity index (χ0n) is 18.3. The summed E-state index contributed by atoms with van der Waals surface area (Å²) >= 11 is 0. The summed E-state index contributed by atoms with van der Waals surface area (Å²) < 4.78 is 0. The Balaban J connectivity index is 1.38. The number of nitrogens with zero attached hydrogens (tertiary/aromatic N) is 2. The van der Waals surface area contributed by atoms with Crippen molar-refractivity contribution in [2.75, 3.05) is 39.8 Å². The Labute approximate surface area is 181 Å². The van der Waals surface area contributed by atoms with Gasteiger partial charge < -0.3 is 15.7 Å². The molecule has 1 heterocycles. The van der Waals surface area contributed by atoms with E-state index in [4.69, 9.17) is 0 Å². The number of likely N-dealkylation sites (tertiary alicyclic amines) is 1. The van der Waals surface area contributed by atoms with Crippen LogP contribution < -0.4 is 10.6 Å². The third-order valence-electron chi connectivity index (χ3n) is 6.02. The highest BCUT2D eigenvalue weighted by Gasteiger charge is 2.19. The molecule has 1 unspecified atom stereocenters. The van der Waals surface area contributed by atoms with E-state index in [1.165, 1.54) is 24.0 Å². The number of hydrogen-bond donors (Lipinski definition) is 3. The zero-order chi connectivity index (χ0) is 21.2. The molecule has 0 radical (unpaired) electrons. The maximum absolute atomic E-state index is 9.74. The summed E-state index contributed by atoms with van der Waals surface area (Å²) in [6, 6.07) is 19.0. The summed E-state index contributed by atoms with van der Waals surface area (Å²) in [6.07, 6.45) is 2.41. The highest BCUT2D eigenvalue weighted by Crippen LogP contribution is 2.19. The molecule has 1 saturated heterocycles. The van der Waals surface area contributed by atoms with Crippen LogP contribution in [0.15, 0.2) is 59.6 Å². The number of aliphatic hydroxyl groups is 1. The van der Waals surface area contributed by atoms with E-state index in [0.717, 1.165) is 37.7 Å². The van der Waals surface area contributed by atoms with E-state index in [-0.39, 0.29) is 12.5 Å². The Kier molecular flexibility index (Phi) is 8.72. The maximum Gasteiger partial charge on any atom is 0.191 e. The normalized spacial score (nSPS) is 17.0. The molecule has 3 N–H and O–H groups in total. The van der Waals surface area contributed by atoms with Crippen molar-refractivity contribution in [2.24, 2.45) is 10.9 Å². The number of aliphatic hydroxyl groups excluding tert-OH is 1. The number of aryl methyl sites for hydroxylation is 1. The van der Waals surface area contributed by atoms with E-state index in [2.05, 4.69) is 63.8 Å². The molecule has 0 bridgehead atoms. The topological polar surface area (TPSA) is 59.9 Å². The van der Waals surface area contributed by atoms with E-state index in [9.17, 15) is 5.11 Å². The van der Waals surface area contributed by atoms with Crippen molar-refractivity contribution in [2.45, 2.75) is 32.2 Å². The lowest BCUT2D eigenvalue weighted by molar-refractivity contribution is 0.178. The lowest BCUT2D eigenvalue weighted by Gasteiger charge is -2.32. The predicted octanol–water partition coefficient (Wildman–Crippen LogP) is 3.15. The number of rotatable bonds is 8. The van der Waals surface area contributed by atoms with Crippen molar-refractivity contribution in [3.8, 4) is 0 Å². The van der Waals surface area contributed by atoms with E-state index in [1.54, 1.807) is 7.05 Å². The fourth-order valence-corrected chi connectivity index (χ4v) is 3.99. The second-order valence-corrected chi connectivity index (χ2v) is 8.33. The number of nitrogens with one attached hydrogen (secondary N) is 2. The van der Waals surface area contributed by atoms with Crippen molar-refractivity contribution in [3.05, 3.63) is 71.3 Å². The molecular formula is C25H36N4O. The zero-order valence-corrected chi connectivity index (χ0v) is 18.3. The van der Waals surface area contributed by atoms with Crippen LogP contribution in [0.2, 0.25) is 0 Å². The number of hydrogen-bond acceptors (Lipinski definition) is 3. The van der Waals surface area contributed by atoms with Crippen LogP contribution in [0.5, 0.6) is 0 Å². The van der Waals surface area contributed by atoms with Gasteiger partial charge in [0.25, 0.3) is 0 Å². The fourth-order valence-electron chi connectivity index (χ4n) is 3.99. The average molecular weight is 409 g/mol. The molecule has 1 fully saturated rings. The summed E-state index contributed by atoms with van der Waals surface area (Å²) in [5, 5.41) is 16.6. The molecule has 0 amide bonds. The smallest absolute Gasteiger partial charge is 0.191 e. The van der Waals surface area contributed by atoms with Crippen LogP contribution in [0.1, 0.15) is 35.4 Å². The third kappa shape index (κ3) is 6.85. The number of guanidine groups is 1. The summed E-state index contributed by atoms with van der Waals surface area (Å²) in [4.78, 5) is 6.91. The van der Waals surface area contributed by atoms with Gasteiger partial charge in [-0.2, -0.15) is 0 Å². The lowest BCUT2D eigenvalue weighted by Crippen LogP contribution is -2.44. The molecule has 162 valence electrons. The molecule has 0 saturated carbocycles.